The van der Waals surface area contributed by atoms with E-state index < -0.39 is 5.56 Å². The summed E-state index contributed by atoms with van der Waals surface area (Å²) in [5, 5.41) is 8.99. The van der Waals surface area contributed by atoms with Gasteiger partial charge in [-0.25, -0.2) is 0 Å². The van der Waals surface area contributed by atoms with Crippen LogP contribution in [0.1, 0.15) is 27.2 Å². The van der Waals surface area contributed by atoms with E-state index in [2.05, 4.69) is 9.97 Å². The van der Waals surface area contributed by atoms with Crippen LogP contribution in [0, 0.1) is 11.3 Å². The fraction of sp³-hybridized carbons (Fsp3) is 0.125. The second-order valence-electron chi connectivity index (χ2n) is 4.80. The summed E-state index contributed by atoms with van der Waals surface area (Å²) in [4.78, 5) is 32.6. The molecule has 2 aromatic heterocycles. The molecule has 0 saturated heterocycles. The maximum absolute atomic E-state index is 12.6. The average Bonchev–Trinajstić information content (AvgIpc) is 2.53. The summed E-state index contributed by atoms with van der Waals surface area (Å²) >= 11 is 0. The van der Waals surface area contributed by atoms with Crippen LogP contribution in [0.5, 0.6) is 0 Å². The molecule has 2 aromatic rings. The lowest BCUT2D eigenvalue weighted by Crippen LogP contribution is -2.16. The van der Waals surface area contributed by atoms with Crippen LogP contribution < -0.4 is 5.56 Å². The van der Waals surface area contributed by atoms with Crippen LogP contribution >= 0.6 is 0 Å². The Morgan fingerprint density at radius 2 is 2.05 bits per heavy atom. The maximum Gasteiger partial charge on any atom is 0.266 e. The third-order valence-electron chi connectivity index (χ3n) is 2.92. The number of aromatic amines is 1. The molecule has 2 heterocycles. The normalized spacial score (nSPS) is 10.4. The fourth-order valence-electron chi connectivity index (χ4n) is 1.83. The lowest BCUT2D eigenvalue weighted by Gasteiger charge is -2.08. The minimum absolute atomic E-state index is 0.0978. The molecule has 0 amide bonds. The van der Waals surface area contributed by atoms with Gasteiger partial charge < -0.3 is 9.88 Å². The molecule has 0 aliphatic heterocycles. The molecule has 1 N–H and O–H groups in total. The number of carbonyl (C=O) groups is 1. The van der Waals surface area contributed by atoms with Crippen molar-refractivity contribution in [1.82, 2.24) is 14.9 Å². The molecular weight excluding hydrogens is 280 g/mol. The van der Waals surface area contributed by atoms with Crippen molar-refractivity contribution < 1.29 is 4.79 Å². The fourth-order valence-corrected chi connectivity index (χ4v) is 1.83. The van der Waals surface area contributed by atoms with E-state index in [9.17, 15) is 9.59 Å². The van der Waals surface area contributed by atoms with E-state index in [1.54, 1.807) is 35.4 Å². The van der Waals surface area contributed by atoms with Crippen molar-refractivity contribution in [2.45, 2.75) is 0 Å². The van der Waals surface area contributed by atoms with Gasteiger partial charge in [0.25, 0.3) is 5.56 Å². The summed E-state index contributed by atoms with van der Waals surface area (Å²) in [6, 6.07) is 6.27. The van der Waals surface area contributed by atoms with Crippen molar-refractivity contribution in [3.8, 4) is 6.07 Å². The zero-order chi connectivity index (χ0) is 16.1. The molecule has 6 heteroatoms. The van der Waals surface area contributed by atoms with Crippen molar-refractivity contribution in [2.24, 2.45) is 0 Å². The number of aromatic nitrogens is 2. The van der Waals surface area contributed by atoms with E-state index in [0.29, 0.717) is 11.3 Å². The standard InChI is InChI=1S/C16H14N4O2/c1-20(2)8-5-14-13(9-12(10-17)16(22)19-14)15(21)11-3-6-18-7-4-11/h3-9H,1-2H3,(H,19,22)/b8-5+. The Morgan fingerprint density at radius 1 is 1.36 bits per heavy atom. The largest absolute Gasteiger partial charge is 0.383 e. The van der Waals surface area contributed by atoms with Crippen molar-refractivity contribution in [1.29, 1.82) is 5.26 Å². The third-order valence-corrected chi connectivity index (χ3v) is 2.92. The molecular formula is C16H14N4O2. The van der Waals surface area contributed by atoms with Crippen LogP contribution in [0.4, 0.5) is 0 Å². The van der Waals surface area contributed by atoms with Gasteiger partial charge in [0.1, 0.15) is 11.6 Å². The first-order valence-electron chi connectivity index (χ1n) is 6.49. The van der Waals surface area contributed by atoms with E-state index >= 15 is 0 Å². The monoisotopic (exact) mass is 294 g/mol. The molecule has 0 spiro atoms. The van der Waals surface area contributed by atoms with Crippen molar-refractivity contribution in [3.63, 3.8) is 0 Å². The summed E-state index contributed by atoms with van der Waals surface area (Å²) in [5.41, 5.74) is 0.442. The number of H-pyrrole nitrogens is 1. The molecule has 0 aliphatic carbocycles. The summed E-state index contributed by atoms with van der Waals surface area (Å²) in [7, 11) is 3.64. The zero-order valence-electron chi connectivity index (χ0n) is 12.2. The van der Waals surface area contributed by atoms with Gasteiger partial charge in [-0.15, -0.1) is 0 Å². The number of nitrogens with one attached hydrogen (secondary N) is 1. The number of nitriles is 1. The third kappa shape index (κ3) is 3.27. The number of nitrogens with zero attached hydrogens (tertiary/aromatic N) is 3. The van der Waals surface area contributed by atoms with Gasteiger partial charge in [0.15, 0.2) is 5.78 Å². The van der Waals surface area contributed by atoms with E-state index in [1.165, 1.54) is 18.5 Å². The van der Waals surface area contributed by atoms with Crippen LogP contribution in [-0.4, -0.2) is 34.7 Å². The molecule has 0 fully saturated rings. The van der Waals surface area contributed by atoms with Crippen molar-refractivity contribution >= 4 is 11.9 Å². The first-order chi connectivity index (χ1) is 10.5. The first-order valence-corrected chi connectivity index (χ1v) is 6.49. The molecule has 0 unspecified atom stereocenters. The smallest absolute Gasteiger partial charge is 0.266 e. The Kier molecular flexibility index (Phi) is 4.49. The minimum atomic E-state index is -0.521. The molecule has 0 aromatic carbocycles. The van der Waals surface area contributed by atoms with Gasteiger partial charge in [-0.3, -0.25) is 14.6 Å². The van der Waals surface area contributed by atoms with Crippen LogP contribution in [0.15, 0.2) is 41.6 Å². The van der Waals surface area contributed by atoms with Crippen LogP contribution in [-0.2, 0) is 0 Å². The van der Waals surface area contributed by atoms with E-state index in [-0.39, 0.29) is 16.9 Å². The predicted octanol–water partition coefficient (Wildman–Crippen LogP) is 1.40. The van der Waals surface area contributed by atoms with E-state index in [0.717, 1.165) is 0 Å². The quantitative estimate of drug-likeness (QED) is 0.861. The highest BCUT2D eigenvalue weighted by Crippen LogP contribution is 2.14. The maximum atomic E-state index is 12.6. The molecule has 6 nitrogen and oxygen atoms in total. The van der Waals surface area contributed by atoms with Gasteiger partial charge in [0.2, 0.25) is 0 Å². The summed E-state index contributed by atoms with van der Waals surface area (Å²) in [5.74, 6) is -0.284. The summed E-state index contributed by atoms with van der Waals surface area (Å²) in [6.45, 7) is 0. The Labute approximate surface area is 127 Å². The molecule has 0 saturated carbocycles. The lowest BCUT2D eigenvalue weighted by atomic mass is 10.0. The van der Waals surface area contributed by atoms with Crippen LogP contribution in [0.25, 0.3) is 6.08 Å². The topological polar surface area (TPSA) is 89.9 Å². The number of carbonyl (C=O) groups excluding carboxylic acids is 1. The van der Waals surface area contributed by atoms with Crippen LogP contribution in [0.3, 0.4) is 0 Å². The van der Waals surface area contributed by atoms with Crippen molar-refractivity contribution in [2.75, 3.05) is 14.1 Å². The highest BCUT2D eigenvalue weighted by molar-refractivity contribution is 6.10. The molecule has 110 valence electrons. The molecule has 0 bridgehead atoms. The Bertz CT molecular complexity index is 814. The van der Waals surface area contributed by atoms with E-state index in [1.807, 2.05) is 14.1 Å². The molecule has 22 heavy (non-hydrogen) atoms. The number of hydrogen-bond acceptors (Lipinski definition) is 5. The highest BCUT2D eigenvalue weighted by Gasteiger charge is 2.15. The Hall–Kier alpha value is -3.20. The molecule has 0 atom stereocenters. The van der Waals surface area contributed by atoms with Gasteiger partial charge in [-0.1, -0.05) is 0 Å². The predicted molar refractivity (Wildman–Crippen MR) is 82.2 cm³/mol. The summed E-state index contributed by atoms with van der Waals surface area (Å²) < 4.78 is 0. The number of rotatable bonds is 4. The minimum Gasteiger partial charge on any atom is -0.383 e. The van der Waals surface area contributed by atoms with Crippen molar-refractivity contribution in [3.05, 3.63) is 69.5 Å². The second kappa shape index (κ2) is 6.50. The zero-order valence-corrected chi connectivity index (χ0v) is 12.2. The Balaban J connectivity index is 2.60. The van der Waals surface area contributed by atoms with Crippen LogP contribution in [0.2, 0.25) is 0 Å². The molecule has 2 rings (SSSR count). The van der Waals surface area contributed by atoms with Gasteiger partial charge in [-0.05, 0) is 24.3 Å². The number of hydrogen-bond donors (Lipinski definition) is 1. The molecule has 0 aliphatic rings. The van der Waals surface area contributed by atoms with Gasteiger partial charge in [-0.2, -0.15) is 5.26 Å². The van der Waals surface area contributed by atoms with Gasteiger partial charge in [0.05, 0.1) is 5.69 Å². The first kappa shape index (κ1) is 15.2. The van der Waals surface area contributed by atoms with E-state index in [4.69, 9.17) is 5.26 Å². The number of ketones is 1. The Morgan fingerprint density at radius 3 is 2.64 bits per heavy atom. The summed E-state index contributed by atoms with van der Waals surface area (Å²) in [6.07, 6.45) is 6.36. The average molecular weight is 294 g/mol. The molecule has 0 radical (unpaired) electrons. The highest BCUT2D eigenvalue weighted by atomic mass is 16.1. The van der Waals surface area contributed by atoms with Gasteiger partial charge in [0, 0.05) is 43.8 Å². The number of pyridine rings is 2. The van der Waals surface area contributed by atoms with Gasteiger partial charge >= 0.3 is 0 Å². The lowest BCUT2D eigenvalue weighted by molar-refractivity contribution is 0.103. The SMILES string of the molecule is CN(C)/C=C/c1[nH]c(=O)c(C#N)cc1C(=O)c1ccncc1. The second-order valence-corrected chi connectivity index (χ2v) is 4.80.